The minimum atomic E-state index is -0.414. The molecule has 9 nitrogen and oxygen atoms in total. The predicted octanol–water partition coefficient (Wildman–Crippen LogP) is 6.16. The number of benzene rings is 2. The van der Waals surface area contributed by atoms with Crippen LogP contribution < -0.4 is 14.9 Å². The third kappa shape index (κ3) is 5.45. The van der Waals surface area contributed by atoms with Crippen molar-refractivity contribution in [2.45, 2.75) is 20.3 Å². The van der Waals surface area contributed by atoms with Gasteiger partial charge >= 0.3 is 0 Å². The number of hydrogen-bond acceptors (Lipinski definition) is 7. The summed E-state index contributed by atoms with van der Waals surface area (Å²) in [5, 5.41) is 4.24. The number of nitrogens with zero attached hydrogens (tertiary/aromatic N) is 5. The fourth-order valence-corrected chi connectivity index (χ4v) is 5.15. The van der Waals surface area contributed by atoms with E-state index in [1.807, 2.05) is 13.0 Å². The molecular weight excluding hydrogens is 561 g/mol. The monoisotopic (exact) mass is 589 g/mol. The van der Waals surface area contributed by atoms with Gasteiger partial charge in [-0.2, -0.15) is 5.10 Å². The molecule has 4 heterocycles. The molecule has 6 rings (SSSR count). The van der Waals surface area contributed by atoms with Crippen LogP contribution in [0.3, 0.4) is 0 Å². The smallest absolute Gasteiger partial charge is 0.200 e. The molecule has 0 aliphatic rings. The Morgan fingerprint density at radius 1 is 0.977 bits per heavy atom. The first-order valence-electron chi connectivity index (χ1n) is 13.8. The molecule has 220 valence electrons. The van der Waals surface area contributed by atoms with Gasteiger partial charge in [-0.25, -0.2) is 9.37 Å². The number of aryl methyl sites for hydroxylation is 2. The summed E-state index contributed by atoms with van der Waals surface area (Å²) in [5.74, 6) is 0.966. The Kier molecular flexibility index (Phi) is 7.48. The molecule has 10 heteroatoms. The number of ether oxygens (including phenoxy) is 2. The van der Waals surface area contributed by atoms with Crippen LogP contribution in [0.5, 0.6) is 17.2 Å². The number of methoxy groups -OCH3 is 1. The molecule has 6 aromatic rings. The van der Waals surface area contributed by atoms with Crippen LogP contribution in [-0.2, 0) is 13.5 Å². The topological polar surface area (TPSA) is 101 Å². The van der Waals surface area contributed by atoms with Gasteiger partial charge in [-0.05, 0) is 49.2 Å². The van der Waals surface area contributed by atoms with Crippen LogP contribution in [0.2, 0.25) is 0 Å². The number of carbonyl (C=O) groups is 1. The number of fused-ring (bicyclic) bond motifs is 1. The summed E-state index contributed by atoms with van der Waals surface area (Å²) >= 11 is 0. The molecule has 0 fully saturated rings. The number of Topliss-reactive ketones (excluding diaryl/α,β-unsaturated/α-hetero) is 1. The number of pyridine rings is 3. The Bertz CT molecular complexity index is 2080. The van der Waals surface area contributed by atoms with E-state index in [1.165, 1.54) is 12.1 Å². The molecule has 0 radical (unpaired) electrons. The molecular formula is C34H28FN5O4. The Labute approximate surface area is 252 Å². The number of carbonyl (C=O) groups excluding carboxylic acids is 1. The van der Waals surface area contributed by atoms with Crippen LogP contribution in [0.1, 0.15) is 27.3 Å². The van der Waals surface area contributed by atoms with Gasteiger partial charge in [0.25, 0.3) is 0 Å². The van der Waals surface area contributed by atoms with Gasteiger partial charge < -0.3 is 14.0 Å². The second-order valence-corrected chi connectivity index (χ2v) is 10.4. The summed E-state index contributed by atoms with van der Waals surface area (Å²) in [4.78, 5) is 36.3. The highest BCUT2D eigenvalue weighted by Crippen LogP contribution is 2.31. The van der Waals surface area contributed by atoms with Gasteiger partial charge in [0.2, 0.25) is 0 Å². The second kappa shape index (κ2) is 11.6. The largest absolute Gasteiger partial charge is 0.495 e. The SMILES string of the molecule is COc1cc2nccc(Oc3ccc(CC(=O)c4cn(-c5cnn(C)c5)c(C)c(-c5ccc(F)cc5)c4=O)cc3)c2nc1C. The maximum absolute atomic E-state index is 13.7. The molecule has 4 aromatic heterocycles. The van der Waals surface area contributed by atoms with Gasteiger partial charge in [0.1, 0.15) is 22.8 Å². The molecule has 0 atom stereocenters. The van der Waals surface area contributed by atoms with E-state index in [0.717, 1.165) is 0 Å². The summed E-state index contributed by atoms with van der Waals surface area (Å²) in [7, 11) is 3.37. The molecule has 0 unspecified atom stereocenters. The third-order valence-corrected chi connectivity index (χ3v) is 7.41. The zero-order valence-electron chi connectivity index (χ0n) is 24.5. The van der Waals surface area contributed by atoms with E-state index in [1.54, 1.807) is 97.6 Å². The molecule has 44 heavy (non-hydrogen) atoms. The maximum atomic E-state index is 13.7. The molecule has 0 N–H and O–H groups in total. The third-order valence-electron chi connectivity index (χ3n) is 7.41. The van der Waals surface area contributed by atoms with Gasteiger partial charge in [0, 0.05) is 55.4 Å². The number of halogens is 1. The van der Waals surface area contributed by atoms with E-state index < -0.39 is 11.2 Å². The van der Waals surface area contributed by atoms with Gasteiger partial charge in [-0.15, -0.1) is 0 Å². The predicted molar refractivity (Wildman–Crippen MR) is 164 cm³/mol. The Morgan fingerprint density at radius 3 is 2.41 bits per heavy atom. The summed E-state index contributed by atoms with van der Waals surface area (Å²) in [6, 6.07) is 16.3. The maximum Gasteiger partial charge on any atom is 0.200 e. The van der Waals surface area contributed by atoms with E-state index in [0.29, 0.717) is 62.0 Å². The van der Waals surface area contributed by atoms with Crippen LogP contribution >= 0.6 is 0 Å². The molecule has 0 saturated heterocycles. The van der Waals surface area contributed by atoms with Crippen molar-refractivity contribution in [3.05, 3.63) is 124 Å². The number of aromatic nitrogens is 5. The summed E-state index contributed by atoms with van der Waals surface area (Å²) in [6.07, 6.45) is 6.63. The standard InChI is InChI=1S/C34H28FN5O4/c1-20-31(43-4)16-28-33(38-20)30(13-14-36-28)44-26-11-5-22(6-12-26)15-29(41)27-19-40(25-17-37-39(3)18-25)21(2)32(34(27)42)23-7-9-24(35)10-8-23/h5-14,16-19H,15H2,1-4H3. The fourth-order valence-electron chi connectivity index (χ4n) is 5.15. The lowest BCUT2D eigenvalue weighted by molar-refractivity contribution is 0.0991. The molecule has 2 aromatic carbocycles. The second-order valence-electron chi connectivity index (χ2n) is 10.4. The van der Waals surface area contributed by atoms with Crippen molar-refractivity contribution in [1.29, 1.82) is 0 Å². The first-order chi connectivity index (χ1) is 21.2. The number of ketones is 1. The highest BCUT2D eigenvalue weighted by Gasteiger charge is 2.21. The van der Waals surface area contributed by atoms with Crippen LogP contribution in [-0.4, -0.2) is 37.2 Å². The van der Waals surface area contributed by atoms with E-state index in [4.69, 9.17) is 9.47 Å². The zero-order valence-corrected chi connectivity index (χ0v) is 24.5. The lowest BCUT2D eigenvalue weighted by Gasteiger charge is -2.16. The average Bonchev–Trinajstić information content (AvgIpc) is 3.45. The lowest BCUT2D eigenvalue weighted by atomic mass is 9.97. The molecule has 0 amide bonds. The van der Waals surface area contributed by atoms with Crippen molar-refractivity contribution in [3.63, 3.8) is 0 Å². The van der Waals surface area contributed by atoms with Crippen LogP contribution in [0.15, 0.2) is 90.2 Å². The van der Waals surface area contributed by atoms with E-state index in [2.05, 4.69) is 15.1 Å². The van der Waals surface area contributed by atoms with Gasteiger partial charge in [-0.1, -0.05) is 24.3 Å². The molecule has 0 saturated carbocycles. The normalized spacial score (nSPS) is 11.1. The van der Waals surface area contributed by atoms with Crippen molar-refractivity contribution in [2.24, 2.45) is 7.05 Å². The molecule has 0 aliphatic heterocycles. The van der Waals surface area contributed by atoms with Crippen molar-refractivity contribution in [1.82, 2.24) is 24.3 Å². The van der Waals surface area contributed by atoms with Crippen molar-refractivity contribution < 1.29 is 18.7 Å². The van der Waals surface area contributed by atoms with E-state index >= 15 is 0 Å². The van der Waals surface area contributed by atoms with Crippen molar-refractivity contribution in [3.8, 4) is 34.1 Å². The van der Waals surface area contributed by atoms with Gasteiger partial charge in [0.05, 0.1) is 35.8 Å². The fraction of sp³-hybridized carbons (Fsp3) is 0.147. The lowest BCUT2D eigenvalue weighted by Crippen LogP contribution is -2.23. The van der Waals surface area contributed by atoms with Crippen molar-refractivity contribution in [2.75, 3.05) is 7.11 Å². The molecule has 0 bridgehead atoms. The Hall–Kier alpha value is -5.64. The van der Waals surface area contributed by atoms with Gasteiger partial charge in [0.15, 0.2) is 17.0 Å². The molecule has 0 aliphatic carbocycles. The first-order valence-corrected chi connectivity index (χ1v) is 13.8. The van der Waals surface area contributed by atoms with E-state index in [9.17, 15) is 14.0 Å². The first kappa shape index (κ1) is 28.5. The molecule has 0 spiro atoms. The van der Waals surface area contributed by atoms with E-state index in [-0.39, 0.29) is 17.8 Å². The highest BCUT2D eigenvalue weighted by molar-refractivity contribution is 5.98. The zero-order chi connectivity index (χ0) is 31.0. The van der Waals surface area contributed by atoms with Crippen LogP contribution in [0.25, 0.3) is 27.8 Å². The average molecular weight is 590 g/mol. The number of hydrogen-bond donors (Lipinski definition) is 0. The van der Waals surface area contributed by atoms with Crippen LogP contribution in [0.4, 0.5) is 4.39 Å². The summed E-state index contributed by atoms with van der Waals surface area (Å²) in [5.41, 5.74) is 4.43. The van der Waals surface area contributed by atoms with Crippen LogP contribution in [0, 0.1) is 19.7 Å². The summed E-state index contributed by atoms with van der Waals surface area (Å²) < 4.78 is 28.6. The quantitative estimate of drug-likeness (QED) is 0.196. The van der Waals surface area contributed by atoms with Crippen molar-refractivity contribution >= 4 is 16.8 Å². The Balaban J connectivity index is 1.30. The van der Waals surface area contributed by atoms with Gasteiger partial charge in [-0.3, -0.25) is 19.3 Å². The minimum absolute atomic E-state index is 0.00674. The minimum Gasteiger partial charge on any atom is -0.495 e. The Morgan fingerprint density at radius 2 is 1.73 bits per heavy atom. The number of rotatable bonds is 8. The summed E-state index contributed by atoms with van der Waals surface area (Å²) in [6.45, 7) is 3.64. The highest BCUT2D eigenvalue weighted by atomic mass is 19.1.